The second-order valence-electron chi connectivity index (χ2n) is 5.27. The summed E-state index contributed by atoms with van der Waals surface area (Å²) in [7, 11) is 0. The molecule has 100 valence electrons. The third-order valence-electron chi connectivity index (χ3n) is 4.03. The molecule has 1 aliphatic heterocycles. The van der Waals surface area contributed by atoms with Gasteiger partial charge in [0, 0.05) is 37.4 Å². The van der Waals surface area contributed by atoms with Gasteiger partial charge in [0.2, 0.25) is 0 Å². The number of hydrogen-bond donors (Lipinski definition) is 0. The van der Waals surface area contributed by atoms with Gasteiger partial charge >= 0.3 is 0 Å². The first-order valence-electron chi connectivity index (χ1n) is 6.88. The molecule has 0 radical (unpaired) electrons. The van der Waals surface area contributed by atoms with Crippen LogP contribution in [0.4, 0.5) is 10.1 Å². The summed E-state index contributed by atoms with van der Waals surface area (Å²) in [5.41, 5.74) is 1.13. The Balaban J connectivity index is 2.03. The highest BCUT2D eigenvalue weighted by Gasteiger charge is 2.25. The van der Waals surface area contributed by atoms with Gasteiger partial charge in [-0.2, -0.15) is 0 Å². The standard InChI is InChI=1S/C15H23FN2/c1-4-12(2)17-9-10-18(13(3)11-17)15-7-5-14(16)6-8-15/h5-8,12-13H,4,9-11H2,1-3H3/t12?,13-/m0/s1. The zero-order chi connectivity index (χ0) is 13.1. The summed E-state index contributed by atoms with van der Waals surface area (Å²) in [6.45, 7) is 9.99. The van der Waals surface area contributed by atoms with Crippen molar-refractivity contribution in [1.82, 2.24) is 4.90 Å². The number of benzene rings is 1. The number of hydrogen-bond acceptors (Lipinski definition) is 2. The van der Waals surface area contributed by atoms with Crippen molar-refractivity contribution in [1.29, 1.82) is 0 Å². The summed E-state index contributed by atoms with van der Waals surface area (Å²) in [4.78, 5) is 4.92. The largest absolute Gasteiger partial charge is 0.366 e. The zero-order valence-corrected chi connectivity index (χ0v) is 11.6. The van der Waals surface area contributed by atoms with E-state index in [2.05, 4.69) is 30.6 Å². The summed E-state index contributed by atoms with van der Waals surface area (Å²) in [6.07, 6.45) is 1.20. The molecule has 2 atom stereocenters. The quantitative estimate of drug-likeness (QED) is 0.813. The van der Waals surface area contributed by atoms with E-state index in [1.807, 2.05) is 12.1 Å². The van der Waals surface area contributed by atoms with Gasteiger partial charge in [0.15, 0.2) is 0 Å². The highest BCUT2D eigenvalue weighted by Crippen LogP contribution is 2.22. The van der Waals surface area contributed by atoms with Gasteiger partial charge in [-0.3, -0.25) is 4.90 Å². The lowest BCUT2D eigenvalue weighted by Crippen LogP contribution is -2.54. The monoisotopic (exact) mass is 250 g/mol. The van der Waals surface area contributed by atoms with E-state index in [9.17, 15) is 4.39 Å². The van der Waals surface area contributed by atoms with E-state index in [4.69, 9.17) is 0 Å². The lowest BCUT2D eigenvalue weighted by Gasteiger charge is -2.43. The fourth-order valence-electron chi connectivity index (χ4n) is 2.66. The van der Waals surface area contributed by atoms with Crippen LogP contribution in [0.25, 0.3) is 0 Å². The Morgan fingerprint density at radius 3 is 2.50 bits per heavy atom. The number of halogens is 1. The maximum absolute atomic E-state index is 12.9. The van der Waals surface area contributed by atoms with Crippen LogP contribution in [0.2, 0.25) is 0 Å². The predicted octanol–water partition coefficient (Wildman–Crippen LogP) is 3.13. The van der Waals surface area contributed by atoms with E-state index in [0.717, 1.165) is 25.3 Å². The Labute approximate surface area is 109 Å². The fraction of sp³-hybridized carbons (Fsp3) is 0.600. The summed E-state index contributed by atoms with van der Waals surface area (Å²) in [5, 5.41) is 0. The lowest BCUT2D eigenvalue weighted by atomic mass is 10.1. The summed E-state index contributed by atoms with van der Waals surface area (Å²) >= 11 is 0. The van der Waals surface area contributed by atoms with Crippen molar-refractivity contribution < 1.29 is 4.39 Å². The maximum Gasteiger partial charge on any atom is 0.123 e. The van der Waals surface area contributed by atoms with E-state index >= 15 is 0 Å². The smallest absolute Gasteiger partial charge is 0.123 e. The van der Waals surface area contributed by atoms with Crippen molar-refractivity contribution in [3.05, 3.63) is 30.1 Å². The molecule has 1 aliphatic rings. The van der Waals surface area contributed by atoms with Gasteiger partial charge in [0.1, 0.15) is 5.82 Å². The van der Waals surface area contributed by atoms with Gasteiger partial charge in [-0.15, -0.1) is 0 Å². The van der Waals surface area contributed by atoms with Gasteiger partial charge in [-0.25, -0.2) is 4.39 Å². The van der Waals surface area contributed by atoms with E-state index in [1.165, 1.54) is 6.42 Å². The number of piperazine rings is 1. The van der Waals surface area contributed by atoms with Crippen LogP contribution >= 0.6 is 0 Å². The minimum Gasteiger partial charge on any atom is -0.366 e. The van der Waals surface area contributed by atoms with Gasteiger partial charge in [0.25, 0.3) is 0 Å². The number of anilines is 1. The van der Waals surface area contributed by atoms with Crippen molar-refractivity contribution >= 4 is 5.69 Å². The average Bonchev–Trinajstić information content (AvgIpc) is 2.39. The molecule has 1 unspecified atom stereocenters. The molecule has 3 heteroatoms. The Hall–Kier alpha value is -1.09. The minimum absolute atomic E-state index is 0.162. The van der Waals surface area contributed by atoms with Gasteiger partial charge < -0.3 is 4.90 Å². The van der Waals surface area contributed by atoms with Crippen molar-refractivity contribution in [3.63, 3.8) is 0 Å². The van der Waals surface area contributed by atoms with E-state index in [0.29, 0.717) is 12.1 Å². The van der Waals surface area contributed by atoms with Crippen LogP contribution in [0.5, 0.6) is 0 Å². The van der Waals surface area contributed by atoms with Crippen LogP contribution in [-0.4, -0.2) is 36.6 Å². The molecule has 1 saturated heterocycles. The molecule has 1 aromatic rings. The lowest BCUT2D eigenvalue weighted by molar-refractivity contribution is 0.171. The van der Waals surface area contributed by atoms with Crippen LogP contribution in [0.3, 0.4) is 0 Å². The van der Waals surface area contributed by atoms with Crippen molar-refractivity contribution in [3.8, 4) is 0 Å². The van der Waals surface area contributed by atoms with Crippen LogP contribution in [0.15, 0.2) is 24.3 Å². The van der Waals surface area contributed by atoms with E-state index in [-0.39, 0.29) is 5.82 Å². The number of rotatable bonds is 3. The molecule has 0 aliphatic carbocycles. The predicted molar refractivity (Wildman–Crippen MR) is 74.5 cm³/mol. The highest BCUT2D eigenvalue weighted by atomic mass is 19.1. The molecule has 1 heterocycles. The van der Waals surface area contributed by atoms with Crippen molar-refractivity contribution in [2.75, 3.05) is 24.5 Å². The van der Waals surface area contributed by atoms with Gasteiger partial charge in [-0.1, -0.05) is 6.92 Å². The third kappa shape index (κ3) is 2.83. The molecule has 2 nitrogen and oxygen atoms in total. The summed E-state index contributed by atoms with van der Waals surface area (Å²) in [5.74, 6) is -0.162. The molecule has 1 aromatic carbocycles. The molecule has 0 aromatic heterocycles. The molecular weight excluding hydrogens is 227 g/mol. The van der Waals surface area contributed by atoms with E-state index in [1.54, 1.807) is 12.1 Å². The molecule has 0 bridgehead atoms. The molecule has 2 rings (SSSR count). The Morgan fingerprint density at radius 1 is 1.28 bits per heavy atom. The SMILES string of the molecule is CCC(C)N1CCN(c2ccc(F)cc2)[C@@H](C)C1. The summed E-state index contributed by atoms with van der Waals surface area (Å²) < 4.78 is 12.9. The molecule has 0 N–H and O–H groups in total. The highest BCUT2D eigenvalue weighted by molar-refractivity contribution is 5.47. The van der Waals surface area contributed by atoms with Crippen LogP contribution in [0, 0.1) is 5.82 Å². The molecule has 18 heavy (non-hydrogen) atoms. The van der Waals surface area contributed by atoms with Crippen molar-refractivity contribution in [2.45, 2.75) is 39.3 Å². The first kappa shape index (κ1) is 13.3. The topological polar surface area (TPSA) is 6.48 Å². The van der Waals surface area contributed by atoms with Gasteiger partial charge in [-0.05, 0) is 44.5 Å². The zero-order valence-electron chi connectivity index (χ0n) is 11.6. The van der Waals surface area contributed by atoms with Crippen molar-refractivity contribution in [2.24, 2.45) is 0 Å². The van der Waals surface area contributed by atoms with Crippen LogP contribution < -0.4 is 4.90 Å². The Kier molecular flexibility index (Phi) is 4.23. The normalized spacial score (nSPS) is 23.1. The molecule has 0 amide bonds. The van der Waals surface area contributed by atoms with E-state index < -0.39 is 0 Å². The first-order chi connectivity index (χ1) is 8.61. The second kappa shape index (κ2) is 5.70. The maximum atomic E-state index is 12.9. The number of nitrogens with zero attached hydrogens (tertiary/aromatic N) is 2. The third-order valence-corrected chi connectivity index (χ3v) is 4.03. The van der Waals surface area contributed by atoms with Gasteiger partial charge in [0.05, 0.1) is 0 Å². The average molecular weight is 250 g/mol. The summed E-state index contributed by atoms with van der Waals surface area (Å²) in [6, 6.07) is 7.99. The first-order valence-corrected chi connectivity index (χ1v) is 6.88. The molecule has 1 fully saturated rings. The second-order valence-corrected chi connectivity index (χ2v) is 5.27. The molecular formula is C15H23FN2. The Morgan fingerprint density at radius 2 is 1.94 bits per heavy atom. The molecule has 0 saturated carbocycles. The Bertz CT molecular complexity index is 377. The van der Waals surface area contributed by atoms with Crippen LogP contribution in [-0.2, 0) is 0 Å². The van der Waals surface area contributed by atoms with Crippen LogP contribution in [0.1, 0.15) is 27.2 Å². The molecule has 0 spiro atoms. The fourth-order valence-corrected chi connectivity index (χ4v) is 2.66. The minimum atomic E-state index is -0.162.